The average Bonchev–Trinajstić information content (AvgIpc) is 2.85. The van der Waals surface area contributed by atoms with E-state index >= 15 is 0 Å². The second-order valence-electron chi connectivity index (χ2n) is 10.1. The molecule has 4 rings (SSSR count). The second-order valence-corrected chi connectivity index (χ2v) is 10.1. The van der Waals surface area contributed by atoms with Gasteiger partial charge in [0.25, 0.3) is 0 Å². The van der Waals surface area contributed by atoms with Gasteiger partial charge in [-0.25, -0.2) is 14.0 Å². The van der Waals surface area contributed by atoms with Crippen LogP contribution >= 0.6 is 0 Å². The Kier molecular flexibility index (Phi) is 7.55. The normalized spacial score (nSPS) is 20.5. The summed E-state index contributed by atoms with van der Waals surface area (Å²) >= 11 is 0. The predicted octanol–water partition coefficient (Wildman–Crippen LogP) is 3.04. The highest BCUT2D eigenvalue weighted by Crippen LogP contribution is 2.31. The summed E-state index contributed by atoms with van der Waals surface area (Å²) in [6, 6.07) is 8.58. The number of likely N-dealkylation sites (tertiary alicyclic amines) is 1. The number of piperidine rings is 1. The van der Waals surface area contributed by atoms with Crippen LogP contribution in [-0.4, -0.2) is 94.4 Å². The minimum atomic E-state index is -1.50. The fourth-order valence-corrected chi connectivity index (χ4v) is 4.31. The monoisotopic (exact) mass is 516 g/mol. The molecular weight excluding hydrogens is 483 g/mol. The first-order chi connectivity index (χ1) is 17.5. The van der Waals surface area contributed by atoms with Gasteiger partial charge in [0.15, 0.2) is 12.0 Å². The van der Waals surface area contributed by atoms with Gasteiger partial charge in [0.1, 0.15) is 17.5 Å². The number of benzene rings is 1. The lowest BCUT2D eigenvalue weighted by Gasteiger charge is -2.38. The van der Waals surface area contributed by atoms with E-state index in [4.69, 9.17) is 15.2 Å². The molecule has 2 fully saturated rings. The summed E-state index contributed by atoms with van der Waals surface area (Å²) in [6.45, 7) is 6.92. The molecule has 3 N–H and O–H groups in total. The molecule has 2 atom stereocenters. The molecule has 3 heterocycles. The summed E-state index contributed by atoms with van der Waals surface area (Å²) in [5, 5.41) is 18.3. The van der Waals surface area contributed by atoms with Gasteiger partial charge in [-0.3, -0.25) is 0 Å². The number of rotatable bonds is 3. The molecular formula is C25H33FN6O5. The Morgan fingerprint density at radius 1 is 1.05 bits per heavy atom. The summed E-state index contributed by atoms with van der Waals surface area (Å²) in [5.41, 5.74) is 7.08. The number of nitrogens with two attached hydrogens (primary N) is 1. The molecule has 1 aromatic heterocycles. The number of anilines is 2. The maximum atomic E-state index is 14.8. The molecule has 0 unspecified atom stereocenters. The van der Waals surface area contributed by atoms with Gasteiger partial charge in [-0.05, 0) is 39.0 Å². The molecule has 2 aliphatic heterocycles. The summed E-state index contributed by atoms with van der Waals surface area (Å²) in [5.74, 6) is 0.329. The molecule has 2 aliphatic rings. The second kappa shape index (κ2) is 10.7. The van der Waals surface area contributed by atoms with Crippen LogP contribution in [0.3, 0.4) is 0 Å². The standard InChI is InChI=1S/C25H33FN6O5/c1-25(2,3)37-24(35)32-9-8-21(17(26)15-32)36-23(34)31-12-10-30(11-13-31)19-14-18(28-29-22(19)27)16-6-4-5-7-20(16)33/h4-7,14,17,21,33H,8-13,15H2,1-3H3,(H2,27,29)/t17-,21+/m0/s1. The van der Waals surface area contributed by atoms with Crippen LogP contribution in [0.15, 0.2) is 30.3 Å². The zero-order valence-corrected chi connectivity index (χ0v) is 21.3. The molecule has 0 aliphatic carbocycles. The van der Waals surface area contributed by atoms with Gasteiger partial charge in [-0.15, -0.1) is 10.2 Å². The lowest BCUT2D eigenvalue weighted by molar-refractivity contribution is -0.0318. The van der Waals surface area contributed by atoms with E-state index in [-0.39, 0.29) is 31.1 Å². The molecule has 11 nitrogen and oxygen atoms in total. The van der Waals surface area contributed by atoms with Crippen molar-refractivity contribution in [2.75, 3.05) is 49.9 Å². The molecule has 0 bridgehead atoms. The van der Waals surface area contributed by atoms with Crippen molar-refractivity contribution in [3.63, 3.8) is 0 Å². The van der Waals surface area contributed by atoms with Crippen molar-refractivity contribution in [1.82, 2.24) is 20.0 Å². The lowest BCUT2D eigenvalue weighted by Crippen LogP contribution is -2.53. The van der Waals surface area contributed by atoms with Crippen molar-refractivity contribution in [3.05, 3.63) is 30.3 Å². The molecule has 2 saturated heterocycles. The first-order valence-electron chi connectivity index (χ1n) is 12.3. The quantitative estimate of drug-likeness (QED) is 0.631. The van der Waals surface area contributed by atoms with Crippen LogP contribution in [-0.2, 0) is 9.47 Å². The van der Waals surface area contributed by atoms with Crippen LogP contribution in [0.2, 0.25) is 0 Å². The number of piperazine rings is 1. The number of aromatic hydroxyl groups is 1. The number of amides is 2. The number of carbonyl (C=O) groups is 2. The van der Waals surface area contributed by atoms with Crippen LogP contribution in [0, 0.1) is 0 Å². The molecule has 37 heavy (non-hydrogen) atoms. The van der Waals surface area contributed by atoms with Crippen molar-refractivity contribution >= 4 is 23.7 Å². The van der Waals surface area contributed by atoms with Crippen LogP contribution < -0.4 is 10.6 Å². The molecule has 0 saturated carbocycles. The number of hydrogen-bond donors (Lipinski definition) is 2. The van der Waals surface area contributed by atoms with Crippen molar-refractivity contribution in [2.45, 2.75) is 45.1 Å². The van der Waals surface area contributed by atoms with E-state index in [1.165, 1.54) is 9.80 Å². The molecule has 12 heteroatoms. The molecule has 0 spiro atoms. The van der Waals surface area contributed by atoms with Crippen LogP contribution in [0.4, 0.5) is 25.5 Å². The van der Waals surface area contributed by atoms with E-state index in [0.717, 1.165) is 0 Å². The van der Waals surface area contributed by atoms with Gasteiger partial charge in [-0.2, -0.15) is 0 Å². The van der Waals surface area contributed by atoms with Gasteiger partial charge in [0.05, 0.1) is 17.9 Å². The zero-order chi connectivity index (χ0) is 26.7. The first-order valence-corrected chi connectivity index (χ1v) is 12.3. The smallest absolute Gasteiger partial charge is 0.410 e. The van der Waals surface area contributed by atoms with Gasteiger partial charge in [0, 0.05) is 44.7 Å². The van der Waals surface area contributed by atoms with Gasteiger partial charge < -0.3 is 35.0 Å². The average molecular weight is 517 g/mol. The zero-order valence-electron chi connectivity index (χ0n) is 21.3. The van der Waals surface area contributed by atoms with Crippen LogP contribution in [0.5, 0.6) is 5.75 Å². The number of aromatic nitrogens is 2. The number of phenols is 1. The summed E-state index contributed by atoms with van der Waals surface area (Å²) in [4.78, 5) is 29.8. The summed E-state index contributed by atoms with van der Waals surface area (Å²) < 4.78 is 25.5. The number of nitrogen functional groups attached to an aromatic ring is 1. The maximum Gasteiger partial charge on any atom is 0.410 e. The fraction of sp³-hybridized carbons (Fsp3) is 0.520. The van der Waals surface area contributed by atoms with Crippen LogP contribution in [0.25, 0.3) is 11.3 Å². The molecule has 0 radical (unpaired) electrons. The number of phenolic OH excluding ortho intramolecular Hbond substituents is 1. The first kappa shape index (κ1) is 26.2. The minimum absolute atomic E-state index is 0.0863. The van der Waals surface area contributed by atoms with Crippen molar-refractivity contribution in [1.29, 1.82) is 0 Å². The van der Waals surface area contributed by atoms with E-state index in [1.54, 1.807) is 51.1 Å². The Balaban J connectivity index is 1.31. The Hall–Kier alpha value is -3.83. The number of halogens is 1. The molecule has 2 aromatic rings. The topological polar surface area (TPSA) is 134 Å². The maximum absolute atomic E-state index is 14.8. The Morgan fingerprint density at radius 3 is 2.41 bits per heavy atom. The Morgan fingerprint density at radius 2 is 1.76 bits per heavy atom. The minimum Gasteiger partial charge on any atom is -0.507 e. The SMILES string of the molecule is CC(C)(C)OC(=O)N1CC[C@@H](OC(=O)N2CCN(c3cc(-c4ccccc4O)nnc3N)CC2)[C@@H](F)C1. The number of para-hydroxylation sites is 1. The van der Waals surface area contributed by atoms with Crippen LogP contribution in [0.1, 0.15) is 27.2 Å². The summed E-state index contributed by atoms with van der Waals surface area (Å²) in [6.07, 6.45) is -3.40. The number of alkyl halides is 1. The number of carbonyl (C=O) groups excluding carboxylic acids is 2. The highest BCUT2D eigenvalue weighted by Gasteiger charge is 2.37. The molecule has 1 aromatic carbocycles. The van der Waals surface area contributed by atoms with E-state index in [0.29, 0.717) is 43.1 Å². The highest BCUT2D eigenvalue weighted by molar-refractivity contribution is 5.74. The number of hydrogen-bond acceptors (Lipinski definition) is 9. The van der Waals surface area contributed by atoms with E-state index in [9.17, 15) is 19.1 Å². The summed E-state index contributed by atoms with van der Waals surface area (Å²) in [7, 11) is 0. The van der Waals surface area contributed by atoms with Crippen molar-refractivity contribution in [2.24, 2.45) is 0 Å². The third-order valence-corrected chi connectivity index (χ3v) is 6.25. The van der Waals surface area contributed by atoms with E-state index in [1.807, 2.05) is 4.90 Å². The van der Waals surface area contributed by atoms with Crippen molar-refractivity contribution < 1.29 is 28.6 Å². The third kappa shape index (κ3) is 6.30. The largest absolute Gasteiger partial charge is 0.507 e. The Bertz CT molecular complexity index is 1130. The fourth-order valence-electron chi connectivity index (χ4n) is 4.31. The number of ether oxygens (including phenoxy) is 2. The molecule has 200 valence electrons. The lowest BCUT2D eigenvalue weighted by atomic mass is 10.1. The number of nitrogens with zero attached hydrogens (tertiary/aromatic N) is 5. The molecule has 2 amide bonds. The predicted molar refractivity (Wildman–Crippen MR) is 135 cm³/mol. The van der Waals surface area contributed by atoms with Gasteiger partial charge in [-0.1, -0.05) is 12.1 Å². The van der Waals surface area contributed by atoms with Gasteiger partial charge >= 0.3 is 12.2 Å². The highest BCUT2D eigenvalue weighted by atomic mass is 19.1. The van der Waals surface area contributed by atoms with Gasteiger partial charge in [0.2, 0.25) is 0 Å². The van der Waals surface area contributed by atoms with E-state index in [2.05, 4.69) is 10.2 Å². The van der Waals surface area contributed by atoms with Crippen molar-refractivity contribution in [3.8, 4) is 17.0 Å². The third-order valence-electron chi connectivity index (χ3n) is 6.25. The van der Waals surface area contributed by atoms with E-state index < -0.39 is 30.1 Å². The Labute approximate surface area is 214 Å².